The SMILES string of the molecule is O=[N+]([O-])c1cccc([C@@H](O)Cn2ccnc2-c2cccs2)c1. The van der Waals surface area contributed by atoms with Gasteiger partial charge < -0.3 is 9.67 Å². The summed E-state index contributed by atoms with van der Waals surface area (Å²) < 4.78 is 1.84. The molecule has 0 unspecified atom stereocenters. The minimum atomic E-state index is -0.840. The first-order chi connectivity index (χ1) is 10.6. The molecule has 0 spiro atoms. The fourth-order valence-corrected chi connectivity index (χ4v) is 2.96. The van der Waals surface area contributed by atoms with Gasteiger partial charge in [0.25, 0.3) is 5.69 Å². The maximum Gasteiger partial charge on any atom is 0.269 e. The summed E-state index contributed by atoms with van der Waals surface area (Å²) in [5.41, 5.74) is 0.487. The first-order valence-corrected chi connectivity index (χ1v) is 7.50. The maximum atomic E-state index is 10.8. The van der Waals surface area contributed by atoms with Gasteiger partial charge in [0.2, 0.25) is 0 Å². The first-order valence-electron chi connectivity index (χ1n) is 6.62. The zero-order valence-electron chi connectivity index (χ0n) is 11.5. The summed E-state index contributed by atoms with van der Waals surface area (Å²) in [6.07, 6.45) is 2.62. The Kier molecular flexibility index (Phi) is 3.99. The molecule has 1 N–H and O–H groups in total. The molecule has 1 atom stereocenters. The standard InChI is InChI=1S/C15H13N3O3S/c19-13(11-3-1-4-12(9-11)18(20)21)10-17-7-6-16-15(17)14-5-2-8-22-14/h1-9,13,19H,10H2/t13-/m0/s1. The monoisotopic (exact) mass is 315 g/mol. The molecule has 0 amide bonds. The van der Waals surface area contributed by atoms with E-state index in [9.17, 15) is 15.2 Å². The van der Waals surface area contributed by atoms with E-state index in [1.807, 2.05) is 22.1 Å². The normalized spacial score (nSPS) is 12.2. The van der Waals surface area contributed by atoms with Crippen LogP contribution in [0.2, 0.25) is 0 Å². The van der Waals surface area contributed by atoms with Gasteiger partial charge in [-0.05, 0) is 17.0 Å². The average Bonchev–Trinajstić information content (AvgIpc) is 3.18. The number of hydrogen-bond acceptors (Lipinski definition) is 5. The number of aromatic nitrogens is 2. The molecule has 1 aromatic carbocycles. The molecule has 0 aliphatic carbocycles. The zero-order valence-corrected chi connectivity index (χ0v) is 12.3. The highest BCUT2D eigenvalue weighted by Gasteiger charge is 2.15. The van der Waals surface area contributed by atoms with E-state index in [1.165, 1.54) is 12.1 Å². The van der Waals surface area contributed by atoms with Gasteiger partial charge in [0.15, 0.2) is 0 Å². The topological polar surface area (TPSA) is 81.2 Å². The lowest BCUT2D eigenvalue weighted by Gasteiger charge is -2.13. The predicted molar refractivity (Wildman–Crippen MR) is 83.6 cm³/mol. The summed E-state index contributed by atoms with van der Waals surface area (Å²) in [6.45, 7) is 0.286. The van der Waals surface area contributed by atoms with Crippen LogP contribution >= 0.6 is 11.3 Å². The molecular formula is C15H13N3O3S. The Morgan fingerprint density at radius 2 is 2.23 bits per heavy atom. The molecule has 0 aliphatic rings. The lowest BCUT2D eigenvalue weighted by atomic mass is 10.1. The summed E-state index contributed by atoms with van der Waals surface area (Å²) in [6, 6.07) is 9.96. The number of hydrogen-bond donors (Lipinski definition) is 1. The van der Waals surface area contributed by atoms with E-state index in [2.05, 4.69) is 4.98 Å². The van der Waals surface area contributed by atoms with Crippen LogP contribution in [-0.4, -0.2) is 19.6 Å². The fraction of sp³-hybridized carbons (Fsp3) is 0.133. The van der Waals surface area contributed by atoms with E-state index in [0.717, 1.165) is 10.7 Å². The number of nitrogens with zero attached hydrogens (tertiary/aromatic N) is 3. The Hall–Kier alpha value is -2.51. The number of non-ortho nitro benzene ring substituents is 1. The molecule has 2 aromatic heterocycles. The number of imidazole rings is 1. The Bertz CT molecular complexity index is 783. The molecule has 22 heavy (non-hydrogen) atoms. The molecule has 0 bridgehead atoms. The Morgan fingerprint density at radius 3 is 2.95 bits per heavy atom. The van der Waals surface area contributed by atoms with Gasteiger partial charge in [0, 0.05) is 24.5 Å². The lowest BCUT2D eigenvalue weighted by molar-refractivity contribution is -0.385. The van der Waals surface area contributed by atoms with Crippen LogP contribution in [0.4, 0.5) is 5.69 Å². The van der Waals surface area contributed by atoms with Gasteiger partial charge in [-0.1, -0.05) is 18.2 Å². The summed E-state index contributed by atoms with van der Waals surface area (Å²) in [5, 5.41) is 23.1. The molecule has 0 radical (unpaired) electrons. The number of nitro groups is 1. The van der Waals surface area contributed by atoms with E-state index in [0.29, 0.717) is 5.56 Å². The van der Waals surface area contributed by atoms with Gasteiger partial charge in [-0.3, -0.25) is 10.1 Å². The third kappa shape index (κ3) is 2.90. The van der Waals surface area contributed by atoms with Crippen molar-refractivity contribution in [1.82, 2.24) is 9.55 Å². The van der Waals surface area contributed by atoms with Crippen molar-refractivity contribution in [3.8, 4) is 10.7 Å². The van der Waals surface area contributed by atoms with Crippen molar-refractivity contribution in [1.29, 1.82) is 0 Å². The molecule has 2 heterocycles. The van der Waals surface area contributed by atoms with E-state index in [4.69, 9.17) is 0 Å². The number of thiophene rings is 1. The Balaban J connectivity index is 1.83. The van der Waals surface area contributed by atoms with Crippen molar-refractivity contribution in [2.45, 2.75) is 12.6 Å². The van der Waals surface area contributed by atoms with Gasteiger partial charge in [-0.15, -0.1) is 11.3 Å². The Morgan fingerprint density at radius 1 is 1.36 bits per heavy atom. The highest BCUT2D eigenvalue weighted by Crippen LogP contribution is 2.26. The second kappa shape index (κ2) is 6.08. The van der Waals surface area contributed by atoms with Crippen molar-refractivity contribution >= 4 is 17.0 Å². The third-order valence-electron chi connectivity index (χ3n) is 3.29. The number of benzene rings is 1. The fourth-order valence-electron chi connectivity index (χ4n) is 2.22. The second-order valence-electron chi connectivity index (χ2n) is 4.75. The van der Waals surface area contributed by atoms with Crippen LogP contribution in [0.25, 0.3) is 10.7 Å². The van der Waals surface area contributed by atoms with Gasteiger partial charge in [-0.2, -0.15) is 0 Å². The van der Waals surface area contributed by atoms with Crippen LogP contribution in [0.15, 0.2) is 54.2 Å². The molecule has 3 aromatic rings. The first kappa shape index (κ1) is 14.4. The van der Waals surface area contributed by atoms with Crippen LogP contribution < -0.4 is 0 Å². The lowest BCUT2D eigenvalue weighted by Crippen LogP contribution is -2.09. The molecule has 0 saturated carbocycles. The predicted octanol–water partition coefficient (Wildman–Crippen LogP) is 3.25. The van der Waals surface area contributed by atoms with Crippen molar-refractivity contribution in [2.24, 2.45) is 0 Å². The molecule has 0 fully saturated rings. The van der Waals surface area contributed by atoms with Crippen LogP contribution in [0.3, 0.4) is 0 Å². The number of rotatable bonds is 5. The van der Waals surface area contributed by atoms with Crippen molar-refractivity contribution in [3.63, 3.8) is 0 Å². The summed E-state index contributed by atoms with van der Waals surface area (Å²) in [7, 11) is 0. The zero-order chi connectivity index (χ0) is 15.5. The summed E-state index contributed by atoms with van der Waals surface area (Å²) in [5.74, 6) is 0.777. The van der Waals surface area contributed by atoms with Crippen LogP contribution in [-0.2, 0) is 6.54 Å². The second-order valence-corrected chi connectivity index (χ2v) is 5.70. The smallest absolute Gasteiger partial charge is 0.269 e. The maximum absolute atomic E-state index is 10.8. The van der Waals surface area contributed by atoms with E-state index in [1.54, 1.807) is 35.9 Å². The van der Waals surface area contributed by atoms with Crippen LogP contribution in [0.1, 0.15) is 11.7 Å². The van der Waals surface area contributed by atoms with E-state index < -0.39 is 11.0 Å². The number of nitro benzene ring substituents is 1. The molecular weight excluding hydrogens is 302 g/mol. The van der Waals surface area contributed by atoms with Crippen molar-refractivity contribution < 1.29 is 10.0 Å². The van der Waals surface area contributed by atoms with Crippen LogP contribution in [0, 0.1) is 10.1 Å². The van der Waals surface area contributed by atoms with Gasteiger partial charge in [-0.25, -0.2) is 4.98 Å². The minimum Gasteiger partial charge on any atom is -0.387 e. The Labute approximate surface area is 130 Å². The highest BCUT2D eigenvalue weighted by molar-refractivity contribution is 7.13. The van der Waals surface area contributed by atoms with Gasteiger partial charge in [0.1, 0.15) is 5.82 Å². The van der Waals surface area contributed by atoms with E-state index in [-0.39, 0.29) is 12.2 Å². The minimum absolute atomic E-state index is 0.0272. The average molecular weight is 315 g/mol. The summed E-state index contributed by atoms with van der Waals surface area (Å²) >= 11 is 1.57. The molecule has 6 nitrogen and oxygen atoms in total. The molecule has 0 aliphatic heterocycles. The molecule has 112 valence electrons. The molecule has 7 heteroatoms. The van der Waals surface area contributed by atoms with Crippen molar-refractivity contribution in [2.75, 3.05) is 0 Å². The van der Waals surface area contributed by atoms with E-state index >= 15 is 0 Å². The quantitative estimate of drug-likeness (QED) is 0.579. The third-order valence-corrected chi connectivity index (χ3v) is 4.16. The van der Waals surface area contributed by atoms with Gasteiger partial charge in [0.05, 0.1) is 22.4 Å². The highest BCUT2D eigenvalue weighted by atomic mass is 32.1. The molecule has 0 saturated heterocycles. The molecule has 3 rings (SSSR count). The van der Waals surface area contributed by atoms with Crippen LogP contribution in [0.5, 0.6) is 0 Å². The van der Waals surface area contributed by atoms with Crippen molar-refractivity contribution in [3.05, 3.63) is 69.8 Å². The largest absolute Gasteiger partial charge is 0.387 e. The summed E-state index contributed by atoms with van der Waals surface area (Å²) in [4.78, 5) is 15.7. The number of aliphatic hydroxyl groups excluding tert-OH is 1. The number of aliphatic hydroxyl groups is 1. The van der Waals surface area contributed by atoms with Gasteiger partial charge >= 0.3 is 0 Å².